The molecule has 9 atom stereocenters. The number of aliphatic hydroxyl groups excluding tert-OH is 8. The third-order valence-corrected chi connectivity index (χ3v) is 4.17. The van der Waals surface area contributed by atoms with E-state index in [1.807, 2.05) is 0 Å². The van der Waals surface area contributed by atoms with Crippen molar-refractivity contribution in [2.24, 2.45) is 0 Å². The van der Waals surface area contributed by atoms with Crippen molar-refractivity contribution in [3.05, 3.63) is 0 Å². The van der Waals surface area contributed by atoms with E-state index in [1.165, 1.54) is 6.92 Å². The Morgan fingerprint density at radius 1 is 0.591 bits per heavy atom. The van der Waals surface area contributed by atoms with Crippen LogP contribution in [-0.2, 0) is 9.47 Å². The Morgan fingerprint density at radius 3 is 1.50 bits per heavy atom. The van der Waals surface area contributed by atoms with Gasteiger partial charge >= 0.3 is 0 Å². The molecule has 7 unspecified atom stereocenters. The van der Waals surface area contributed by atoms with Crippen LogP contribution in [-0.4, -0.2) is 108 Å². The molecule has 1 heterocycles. The predicted octanol–water partition coefficient (Wildman–Crippen LogP) is -4.98. The molecule has 130 valence electrons. The second-order valence-electron chi connectivity index (χ2n) is 5.74. The van der Waals surface area contributed by atoms with E-state index in [0.29, 0.717) is 0 Å². The van der Waals surface area contributed by atoms with Crippen molar-refractivity contribution in [2.75, 3.05) is 0 Å². The van der Waals surface area contributed by atoms with Crippen LogP contribution < -0.4 is 0 Å². The summed E-state index contributed by atoms with van der Waals surface area (Å²) in [5, 5.41) is 77.4. The first-order valence-corrected chi connectivity index (χ1v) is 6.92. The zero-order valence-corrected chi connectivity index (χ0v) is 11.7. The van der Waals surface area contributed by atoms with Gasteiger partial charge in [-0.2, -0.15) is 0 Å². The second kappa shape index (κ2) is 6.61. The van der Waals surface area contributed by atoms with Gasteiger partial charge in [0.1, 0.15) is 54.9 Å². The summed E-state index contributed by atoms with van der Waals surface area (Å²) in [5.74, 6) is 0. The molecule has 2 rings (SSSR count). The van der Waals surface area contributed by atoms with E-state index in [1.54, 1.807) is 0 Å². The number of hydrogen-bond acceptors (Lipinski definition) is 10. The van der Waals surface area contributed by atoms with Crippen LogP contribution in [0.2, 0.25) is 0 Å². The van der Waals surface area contributed by atoms with E-state index in [-0.39, 0.29) is 0 Å². The summed E-state index contributed by atoms with van der Waals surface area (Å²) in [7, 11) is 0. The highest BCUT2D eigenvalue weighted by atomic mass is 16.7. The fourth-order valence-corrected chi connectivity index (χ4v) is 2.64. The van der Waals surface area contributed by atoms with Gasteiger partial charge in [-0.15, -0.1) is 0 Å². The van der Waals surface area contributed by atoms with Gasteiger partial charge in [0.25, 0.3) is 0 Å². The molecule has 22 heavy (non-hydrogen) atoms. The van der Waals surface area contributed by atoms with Gasteiger partial charge in [-0.25, -0.2) is 0 Å². The molecule has 0 spiro atoms. The molecule has 0 aromatic carbocycles. The summed E-state index contributed by atoms with van der Waals surface area (Å²) in [6, 6.07) is 0. The van der Waals surface area contributed by atoms with E-state index >= 15 is 0 Å². The standard InChI is InChI=1S/C12H22O10/c1-2-3(13)4(14)10(20)12(21-2)22-11-8(18)6(16)5(15)7(17)9(11)19/h2-20H,1H3/t2?,3-,4?,5-,6?,7?,8?,9?,10?,11-,12-/m0/s1. The maximum atomic E-state index is 9.84. The van der Waals surface area contributed by atoms with Crippen LogP contribution in [0.1, 0.15) is 6.92 Å². The highest BCUT2D eigenvalue weighted by molar-refractivity contribution is 5.00. The summed E-state index contributed by atoms with van der Waals surface area (Å²) < 4.78 is 10.3. The lowest BCUT2D eigenvalue weighted by molar-refractivity contribution is -0.334. The lowest BCUT2D eigenvalue weighted by Gasteiger charge is -2.45. The summed E-state index contributed by atoms with van der Waals surface area (Å²) >= 11 is 0. The van der Waals surface area contributed by atoms with E-state index in [9.17, 15) is 40.9 Å². The van der Waals surface area contributed by atoms with Gasteiger partial charge in [-0.3, -0.25) is 0 Å². The molecule has 1 saturated carbocycles. The largest absolute Gasteiger partial charge is 0.388 e. The first kappa shape index (κ1) is 17.9. The SMILES string of the molecule is CC1O[C@@H](O[C@H]2C(O)C(O)[C@H](O)C(O)C2O)C(O)C(O)[C@H]1O. The second-order valence-corrected chi connectivity index (χ2v) is 5.74. The van der Waals surface area contributed by atoms with Crippen LogP contribution in [0.15, 0.2) is 0 Å². The van der Waals surface area contributed by atoms with Crippen molar-refractivity contribution in [1.82, 2.24) is 0 Å². The van der Waals surface area contributed by atoms with Gasteiger partial charge in [0.05, 0.1) is 6.10 Å². The summed E-state index contributed by atoms with van der Waals surface area (Å²) in [4.78, 5) is 0. The third kappa shape index (κ3) is 2.99. The van der Waals surface area contributed by atoms with Crippen molar-refractivity contribution >= 4 is 0 Å². The minimum Gasteiger partial charge on any atom is -0.388 e. The molecule has 10 nitrogen and oxygen atoms in total. The van der Waals surface area contributed by atoms with Crippen molar-refractivity contribution < 1.29 is 50.3 Å². The first-order valence-electron chi connectivity index (χ1n) is 6.92. The average molecular weight is 326 g/mol. The fourth-order valence-electron chi connectivity index (χ4n) is 2.64. The van der Waals surface area contributed by atoms with E-state index in [2.05, 4.69) is 0 Å². The van der Waals surface area contributed by atoms with Gasteiger partial charge in [-0.05, 0) is 6.92 Å². The lowest BCUT2D eigenvalue weighted by atomic mass is 9.84. The van der Waals surface area contributed by atoms with Crippen LogP contribution in [0.25, 0.3) is 0 Å². The Labute approximate surface area is 125 Å². The maximum absolute atomic E-state index is 9.84. The van der Waals surface area contributed by atoms with Crippen molar-refractivity contribution in [3.8, 4) is 0 Å². The van der Waals surface area contributed by atoms with E-state index in [4.69, 9.17) is 9.47 Å². The molecule has 10 heteroatoms. The van der Waals surface area contributed by atoms with E-state index < -0.39 is 67.3 Å². The molecule has 0 radical (unpaired) electrons. The molecule has 1 aliphatic carbocycles. The number of hydrogen-bond donors (Lipinski definition) is 8. The molecular weight excluding hydrogens is 304 g/mol. The van der Waals surface area contributed by atoms with Crippen LogP contribution in [0, 0.1) is 0 Å². The highest BCUT2D eigenvalue weighted by Crippen LogP contribution is 2.29. The van der Waals surface area contributed by atoms with Crippen LogP contribution in [0.5, 0.6) is 0 Å². The molecule has 1 saturated heterocycles. The van der Waals surface area contributed by atoms with Crippen molar-refractivity contribution in [3.63, 3.8) is 0 Å². The minimum absolute atomic E-state index is 0.901. The van der Waals surface area contributed by atoms with Crippen molar-refractivity contribution in [2.45, 2.75) is 74.3 Å². The van der Waals surface area contributed by atoms with Gasteiger partial charge in [0, 0.05) is 0 Å². The van der Waals surface area contributed by atoms with Crippen LogP contribution in [0.3, 0.4) is 0 Å². The first-order chi connectivity index (χ1) is 10.2. The summed E-state index contributed by atoms with van der Waals surface area (Å²) in [6.07, 6.45) is -17.5. The van der Waals surface area contributed by atoms with Gasteiger partial charge in [0.2, 0.25) is 0 Å². The quantitative estimate of drug-likeness (QED) is 0.245. The van der Waals surface area contributed by atoms with Gasteiger partial charge in [-0.1, -0.05) is 0 Å². The van der Waals surface area contributed by atoms with Crippen LogP contribution in [0.4, 0.5) is 0 Å². The molecule has 0 aromatic rings. The number of rotatable bonds is 2. The molecular formula is C12H22O10. The third-order valence-electron chi connectivity index (χ3n) is 4.17. The van der Waals surface area contributed by atoms with Crippen LogP contribution >= 0.6 is 0 Å². The zero-order valence-electron chi connectivity index (χ0n) is 11.7. The number of aliphatic hydroxyl groups is 8. The predicted molar refractivity (Wildman–Crippen MR) is 67.3 cm³/mol. The molecule has 2 aliphatic rings. The number of ether oxygens (including phenoxy) is 2. The Morgan fingerprint density at radius 2 is 1.00 bits per heavy atom. The topological polar surface area (TPSA) is 180 Å². The van der Waals surface area contributed by atoms with E-state index in [0.717, 1.165) is 0 Å². The molecule has 0 amide bonds. The Bertz CT molecular complexity index is 365. The normalized spacial score (nSPS) is 56.9. The minimum atomic E-state index is -1.78. The Balaban J connectivity index is 2.11. The smallest absolute Gasteiger partial charge is 0.187 e. The molecule has 1 aliphatic heterocycles. The molecule has 0 bridgehead atoms. The lowest BCUT2D eigenvalue weighted by Crippen LogP contribution is -2.66. The highest BCUT2D eigenvalue weighted by Gasteiger charge is 2.52. The monoisotopic (exact) mass is 326 g/mol. The maximum Gasteiger partial charge on any atom is 0.187 e. The summed E-state index contributed by atoms with van der Waals surface area (Å²) in [6.45, 7) is 1.41. The van der Waals surface area contributed by atoms with Gasteiger partial charge in [0.15, 0.2) is 6.29 Å². The Hall–Kier alpha value is -0.400. The van der Waals surface area contributed by atoms with Gasteiger partial charge < -0.3 is 50.3 Å². The zero-order chi connectivity index (χ0) is 16.8. The van der Waals surface area contributed by atoms with Crippen molar-refractivity contribution in [1.29, 1.82) is 0 Å². The molecule has 2 fully saturated rings. The average Bonchev–Trinajstić information content (AvgIpc) is 2.50. The molecule has 0 aromatic heterocycles. The summed E-state index contributed by atoms with van der Waals surface area (Å²) in [5.41, 5.74) is 0. The fraction of sp³-hybridized carbons (Fsp3) is 1.00. The Kier molecular flexibility index (Phi) is 5.39. The molecule has 8 N–H and O–H groups in total.